The number of thiophene rings is 1. The lowest BCUT2D eigenvalue weighted by molar-refractivity contribution is -0.132. The van der Waals surface area contributed by atoms with Gasteiger partial charge in [0.05, 0.1) is 17.4 Å². The fourth-order valence-electron chi connectivity index (χ4n) is 2.68. The number of hydrogen-bond acceptors (Lipinski definition) is 4. The van der Waals surface area contributed by atoms with Crippen LogP contribution in [0.3, 0.4) is 0 Å². The average Bonchev–Trinajstić information content (AvgIpc) is 3.10. The second kappa shape index (κ2) is 9.73. The van der Waals surface area contributed by atoms with Gasteiger partial charge in [-0.25, -0.2) is 0 Å². The van der Waals surface area contributed by atoms with E-state index in [4.69, 9.17) is 11.6 Å². The Morgan fingerprint density at radius 3 is 2.82 bits per heavy atom. The van der Waals surface area contributed by atoms with E-state index in [0.717, 1.165) is 41.7 Å². The molecule has 1 fully saturated rings. The maximum atomic E-state index is 12.4. The molecule has 7 heteroatoms. The summed E-state index contributed by atoms with van der Waals surface area (Å²) >= 11 is 7.47. The quantitative estimate of drug-likeness (QED) is 0.806. The molecule has 0 aliphatic carbocycles. The third-order valence-corrected chi connectivity index (χ3v) is 5.06. The molecular formula is C15H25Cl2N3OS. The Labute approximate surface area is 148 Å². The van der Waals surface area contributed by atoms with Gasteiger partial charge in [-0.1, -0.05) is 18.5 Å². The van der Waals surface area contributed by atoms with Crippen molar-refractivity contribution < 1.29 is 4.79 Å². The van der Waals surface area contributed by atoms with Crippen molar-refractivity contribution in [3.05, 3.63) is 21.3 Å². The highest BCUT2D eigenvalue weighted by molar-refractivity contribution is 7.16. The number of nitrogens with zero attached hydrogens (tertiary/aromatic N) is 2. The molecule has 0 saturated carbocycles. The monoisotopic (exact) mass is 365 g/mol. The normalized spacial score (nSPS) is 17.5. The number of hydrogen-bond donors (Lipinski definition) is 1. The summed E-state index contributed by atoms with van der Waals surface area (Å²) in [6, 6.07) is 4.37. The van der Waals surface area contributed by atoms with E-state index in [2.05, 4.69) is 17.1 Å². The van der Waals surface area contributed by atoms with Gasteiger partial charge in [0.25, 0.3) is 0 Å². The predicted molar refractivity (Wildman–Crippen MR) is 96.2 cm³/mol. The highest BCUT2D eigenvalue weighted by Gasteiger charge is 2.24. The molecule has 0 aromatic carbocycles. The number of likely N-dealkylation sites (N-methyl/N-ethyl adjacent to an activating group) is 1. The SMILES string of the molecule is CCCN(CC(=O)N(C)Cc1ccc(Cl)s1)C1CCNC1.Cl. The number of amides is 1. The van der Waals surface area contributed by atoms with E-state index in [1.54, 1.807) is 4.90 Å². The topological polar surface area (TPSA) is 35.6 Å². The average molecular weight is 366 g/mol. The molecule has 4 nitrogen and oxygen atoms in total. The largest absolute Gasteiger partial charge is 0.340 e. The molecule has 126 valence electrons. The zero-order valence-electron chi connectivity index (χ0n) is 13.2. The highest BCUT2D eigenvalue weighted by Crippen LogP contribution is 2.22. The van der Waals surface area contributed by atoms with Gasteiger partial charge in [-0.05, 0) is 38.1 Å². The maximum absolute atomic E-state index is 12.4. The van der Waals surface area contributed by atoms with Crippen LogP contribution in [0.4, 0.5) is 0 Å². The molecule has 0 radical (unpaired) electrons. The third-order valence-electron chi connectivity index (χ3n) is 3.85. The van der Waals surface area contributed by atoms with Crippen molar-refractivity contribution in [1.29, 1.82) is 0 Å². The Morgan fingerprint density at radius 1 is 1.50 bits per heavy atom. The zero-order chi connectivity index (χ0) is 15.2. The van der Waals surface area contributed by atoms with Gasteiger partial charge >= 0.3 is 0 Å². The summed E-state index contributed by atoms with van der Waals surface area (Å²) in [5.74, 6) is 0.180. The minimum absolute atomic E-state index is 0. The van der Waals surface area contributed by atoms with Crippen LogP contribution in [0.25, 0.3) is 0 Å². The maximum Gasteiger partial charge on any atom is 0.236 e. The standard InChI is InChI=1S/C15H24ClN3OS.ClH/c1-3-8-19(12-6-7-17-9-12)11-15(20)18(2)10-13-4-5-14(16)21-13;/h4-5,12,17H,3,6-11H2,1-2H3;1H. The molecule has 2 heterocycles. The lowest BCUT2D eigenvalue weighted by atomic mass is 10.2. The van der Waals surface area contributed by atoms with Crippen molar-refractivity contribution in [2.75, 3.05) is 33.2 Å². The van der Waals surface area contributed by atoms with Gasteiger partial charge in [0.1, 0.15) is 0 Å². The minimum Gasteiger partial charge on any atom is -0.340 e. The van der Waals surface area contributed by atoms with Crippen LogP contribution in [0.15, 0.2) is 12.1 Å². The molecule has 2 rings (SSSR count). The fraction of sp³-hybridized carbons (Fsp3) is 0.667. The van der Waals surface area contributed by atoms with Gasteiger partial charge in [-0.3, -0.25) is 9.69 Å². The lowest BCUT2D eigenvalue weighted by Crippen LogP contribution is -2.44. The molecule has 1 unspecified atom stereocenters. The molecule has 1 atom stereocenters. The molecule has 1 aliphatic heterocycles. The van der Waals surface area contributed by atoms with Gasteiger partial charge in [0.2, 0.25) is 5.91 Å². The van der Waals surface area contributed by atoms with E-state index in [1.807, 2.05) is 19.2 Å². The van der Waals surface area contributed by atoms with Crippen molar-refractivity contribution in [1.82, 2.24) is 15.1 Å². The van der Waals surface area contributed by atoms with E-state index in [-0.39, 0.29) is 18.3 Å². The van der Waals surface area contributed by atoms with Crippen LogP contribution in [0, 0.1) is 0 Å². The van der Waals surface area contributed by atoms with Crippen molar-refractivity contribution in [3.8, 4) is 0 Å². The van der Waals surface area contributed by atoms with Crippen molar-refractivity contribution in [2.45, 2.75) is 32.4 Å². The van der Waals surface area contributed by atoms with E-state index in [1.165, 1.54) is 11.3 Å². The molecule has 1 amide bonds. The summed E-state index contributed by atoms with van der Waals surface area (Å²) in [5, 5.41) is 3.38. The smallest absolute Gasteiger partial charge is 0.236 e. The number of carbonyl (C=O) groups excluding carboxylic acids is 1. The van der Waals surface area contributed by atoms with E-state index in [0.29, 0.717) is 19.1 Å². The number of halogens is 2. The first kappa shape index (κ1) is 19.7. The van der Waals surface area contributed by atoms with Crippen LogP contribution in [-0.2, 0) is 11.3 Å². The molecule has 1 aliphatic rings. The van der Waals surface area contributed by atoms with Crippen LogP contribution in [-0.4, -0.2) is 55.0 Å². The summed E-state index contributed by atoms with van der Waals surface area (Å²) in [5.41, 5.74) is 0. The molecule has 22 heavy (non-hydrogen) atoms. The van der Waals surface area contributed by atoms with Gasteiger partial charge in [0, 0.05) is 24.5 Å². The van der Waals surface area contributed by atoms with E-state index >= 15 is 0 Å². The summed E-state index contributed by atoms with van der Waals surface area (Å²) in [6.45, 7) is 6.35. The van der Waals surface area contributed by atoms with Gasteiger partial charge in [0.15, 0.2) is 0 Å². The van der Waals surface area contributed by atoms with Crippen LogP contribution in [0.2, 0.25) is 4.34 Å². The van der Waals surface area contributed by atoms with Crippen molar-refractivity contribution >= 4 is 41.3 Å². The first-order valence-corrected chi connectivity index (χ1v) is 8.72. The summed E-state index contributed by atoms with van der Waals surface area (Å²) in [7, 11) is 1.87. The molecule has 1 aromatic rings. The first-order valence-electron chi connectivity index (χ1n) is 7.53. The van der Waals surface area contributed by atoms with Gasteiger partial charge in [-0.15, -0.1) is 23.7 Å². The second-order valence-corrected chi connectivity index (χ2v) is 7.37. The Bertz CT molecular complexity index is 463. The minimum atomic E-state index is 0. The Balaban J connectivity index is 0.00000242. The molecule has 0 spiro atoms. The predicted octanol–water partition coefficient (Wildman–Crippen LogP) is 2.86. The highest BCUT2D eigenvalue weighted by atomic mass is 35.5. The Morgan fingerprint density at radius 2 is 2.27 bits per heavy atom. The van der Waals surface area contributed by atoms with Crippen LogP contribution < -0.4 is 5.32 Å². The third kappa shape index (κ3) is 5.70. The van der Waals surface area contributed by atoms with Crippen LogP contribution in [0.5, 0.6) is 0 Å². The fourth-order valence-corrected chi connectivity index (χ4v) is 3.82. The Hall–Kier alpha value is -0.330. The number of rotatable bonds is 7. The molecule has 1 N–H and O–H groups in total. The second-order valence-electron chi connectivity index (χ2n) is 5.57. The molecular weight excluding hydrogens is 341 g/mol. The number of nitrogens with one attached hydrogen (secondary N) is 1. The summed E-state index contributed by atoms with van der Waals surface area (Å²) < 4.78 is 0.774. The Kier molecular flexibility index (Phi) is 8.72. The first-order chi connectivity index (χ1) is 10.1. The molecule has 0 bridgehead atoms. The van der Waals surface area contributed by atoms with Gasteiger partial charge < -0.3 is 10.2 Å². The summed E-state index contributed by atoms with van der Waals surface area (Å²) in [6.07, 6.45) is 2.21. The van der Waals surface area contributed by atoms with Gasteiger partial charge in [-0.2, -0.15) is 0 Å². The molecule has 1 aromatic heterocycles. The number of carbonyl (C=O) groups is 1. The summed E-state index contributed by atoms with van der Waals surface area (Å²) in [4.78, 5) is 17.7. The van der Waals surface area contributed by atoms with Crippen LogP contribution in [0.1, 0.15) is 24.6 Å². The van der Waals surface area contributed by atoms with Crippen molar-refractivity contribution in [2.24, 2.45) is 0 Å². The van der Waals surface area contributed by atoms with Crippen LogP contribution >= 0.6 is 35.3 Å². The lowest BCUT2D eigenvalue weighted by Gasteiger charge is -2.29. The van der Waals surface area contributed by atoms with E-state index in [9.17, 15) is 4.79 Å². The molecule has 1 saturated heterocycles. The van der Waals surface area contributed by atoms with E-state index < -0.39 is 0 Å². The zero-order valence-corrected chi connectivity index (χ0v) is 15.6. The van der Waals surface area contributed by atoms with Crippen molar-refractivity contribution in [3.63, 3.8) is 0 Å².